The molecule has 0 spiro atoms. The van der Waals surface area contributed by atoms with Crippen LogP contribution in [0, 0.1) is 0 Å². The van der Waals surface area contributed by atoms with Crippen LogP contribution in [0.5, 0.6) is 0 Å². The summed E-state index contributed by atoms with van der Waals surface area (Å²) in [6.45, 7) is 0. The number of benzene rings is 1. The second kappa shape index (κ2) is 5.38. The van der Waals surface area contributed by atoms with Crippen LogP contribution in [0.1, 0.15) is 15.8 Å². The maximum atomic E-state index is 12.6. The van der Waals surface area contributed by atoms with Gasteiger partial charge in [0.2, 0.25) is 5.91 Å². The van der Waals surface area contributed by atoms with Gasteiger partial charge in [0.25, 0.3) is 0 Å². The Balaban J connectivity index is 1.92. The fourth-order valence-electron chi connectivity index (χ4n) is 2.16. The average Bonchev–Trinajstić information content (AvgIpc) is 3.06. The highest BCUT2D eigenvalue weighted by Crippen LogP contribution is 2.43. The smallest absolute Gasteiger partial charge is 0.294 e. The number of hydrogen-bond donors (Lipinski definition) is 0. The fraction of sp³-hybridized carbons (Fsp3) is 0.214. The van der Waals surface area contributed by atoms with E-state index in [9.17, 15) is 18.0 Å². The summed E-state index contributed by atoms with van der Waals surface area (Å²) in [5.74, 6) is 0.252. The number of thioether (sulfide) groups is 1. The Morgan fingerprint density at radius 1 is 1.14 bits per heavy atom. The van der Waals surface area contributed by atoms with Crippen molar-refractivity contribution in [3.63, 3.8) is 0 Å². The lowest BCUT2D eigenvalue weighted by Crippen LogP contribution is -2.27. The Labute approximate surface area is 127 Å². The predicted octanol–water partition coefficient (Wildman–Crippen LogP) is 4.55. The number of rotatable bonds is 2. The zero-order chi connectivity index (χ0) is 15.0. The van der Waals surface area contributed by atoms with Gasteiger partial charge >= 0.3 is 6.18 Å². The van der Waals surface area contributed by atoms with Crippen LogP contribution in [-0.2, 0) is 11.0 Å². The zero-order valence-electron chi connectivity index (χ0n) is 10.6. The third kappa shape index (κ3) is 2.80. The molecular formula is C14H10F3NOS2. The number of halogens is 3. The molecule has 1 aromatic carbocycles. The van der Waals surface area contributed by atoms with Gasteiger partial charge < -0.3 is 0 Å². The van der Waals surface area contributed by atoms with Crippen molar-refractivity contribution in [2.75, 3.05) is 10.7 Å². The maximum Gasteiger partial charge on any atom is 0.416 e. The second-order valence-corrected chi connectivity index (χ2v) is 6.53. The van der Waals surface area contributed by atoms with Gasteiger partial charge in [-0.05, 0) is 35.7 Å². The molecule has 1 amide bonds. The van der Waals surface area contributed by atoms with Gasteiger partial charge in [-0.3, -0.25) is 9.69 Å². The molecule has 0 aliphatic carbocycles. The summed E-state index contributed by atoms with van der Waals surface area (Å²) < 4.78 is 37.8. The monoisotopic (exact) mass is 329 g/mol. The summed E-state index contributed by atoms with van der Waals surface area (Å²) in [5, 5.41) is 1.76. The normalized spacial score (nSPS) is 19.3. The van der Waals surface area contributed by atoms with E-state index in [-0.39, 0.29) is 11.3 Å². The summed E-state index contributed by atoms with van der Waals surface area (Å²) in [7, 11) is 0. The van der Waals surface area contributed by atoms with Crippen molar-refractivity contribution >= 4 is 34.7 Å². The summed E-state index contributed by atoms with van der Waals surface area (Å²) in [6.07, 6.45) is -4.37. The first-order valence-corrected chi connectivity index (χ1v) is 8.04. The Kier molecular flexibility index (Phi) is 3.71. The van der Waals surface area contributed by atoms with Gasteiger partial charge in [-0.2, -0.15) is 13.2 Å². The summed E-state index contributed by atoms with van der Waals surface area (Å²) in [4.78, 5) is 14.6. The zero-order valence-corrected chi connectivity index (χ0v) is 12.3. The lowest BCUT2D eigenvalue weighted by atomic mass is 10.2. The molecule has 0 radical (unpaired) electrons. The molecule has 2 aromatic rings. The molecule has 1 fully saturated rings. The van der Waals surface area contributed by atoms with Gasteiger partial charge in [-0.25, -0.2) is 0 Å². The van der Waals surface area contributed by atoms with E-state index < -0.39 is 11.7 Å². The number of carbonyl (C=O) groups excluding carboxylic acids is 1. The molecule has 0 saturated carbocycles. The maximum absolute atomic E-state index is 12.6. The molecule has 2 nitrogen and oxygen atoms in total. The predicted molar refractivity (Wildman–Crippen MR) is 78.4 cm³/mol. The SMILES string of the molecule is O=C1CSC(c2cccs2)N1c1ccc(C(F)(F)F)cc1. The topological polar surface area (TPSA) is 20.3 Å². The van der Waals surface area contributed by atoms with Crippen molar-refractivity contribution in [2.24, 2.45) is 0 Å². The van der Waals surface area contributed by atoms with E-state index >= 15 is 0 Å². The average molecular weight is 329 g/mol. The summed E-state index contributed by atoms with van der Waals surface area (Å²) >= 11 is 3.02. The molecule has 7 heteroatoms. The third-order valence-corrected chi connectivity index (χ3v) is 5.40. The Morgan fingerprint density at radius 2 is 1.86 bits per heavy atom. The highest BCUT2D eigenvalue weighted by atomic mass is 32.2. The number of alkyl halides is 3. The number of anilines is 1. The standard InChI is InChI=1S/C14H10F3NOS2/c15-14(16,17)9-3-5-10(6-4-9)18-12(19)8-21-13(18)11-2-1-7-20-11/h1-7,13H,8H2. The molecular weight excluding hydrogens is 319 g/mol. The fourth-order valence-corrected chi connectivity index (χ4v) is 4.29. The van der Waals surface area contributed by atoms with Crippen LogP contribution >= 0.6 is 23.1 Å². The highest BCUT2D eigenvalue weighted by molar-refractivity contribution is 8.01. The van der Waals surface area contributed by atoms with Gasteiger partial charge in [0.15, 0.2) is 0 Å². The highest BCUT2D eigenvalue weighted by Gasteiger charge is 2.35. The molecule has 0 bridgehead atoms. The van der Waals surface area contributed by atoms with E-state index in [1.807, 2.05) is 17.5 Å². The van der Waals surface area contributed by atoms with Gasteiger partial charge in [-0.15, -0.1) is 23.1 Å². The van der Waals surface area contributed by atoms with Gasteiger partial charge in [0.1, 0.15) is 5.37 Å². The molecule has 1 aromatic heterocycles. The minimum atomic E-state index is -4.37. The van der Waals surface area contributed by atoms with E-state index in [0.717, 1.165) is 17.0 Å². The van der Waals surface area contributed by atoms with Crippen molar-refractivity contribution in [1.82, 2.24) is 0 Å². The third-order valence-electron chi connectivity index (χ3n) is 3.13. The van der Waals surface area contributed by atoms with Crippen molar-refractivity contribution in [2.45, 2.75) is 11.6 Å². The van der Waals surface area contributed by atoms with Gasteiger partial charge in [0, 0.05) is 10.6 Å². The van der Waals surface area contributed by atoms with Crippen LogP contribution in [0.2, 0.25) is 0 Å². The molecule has 2 heterocycles. The number of hydrogen-bond acceptors (Lipinski definition) is 3. The van der Waals surface area contributed by atoms with Gasteiger partial charge in [-0.1, -0.05) is 6.07 Å². The Hall–Kier alpha value is -1.47. The van der Waals surface area contributed by atoms with Crippen LogP contribution in [0.4, 0.5) is 18.9 Å². The van der Waals surface area contributed by atoms with Crippen molar-refractivity contribution in [3.8, 4) is 0 Å². The molecule has 1 saturated heterocycles. The lowest BCUT2D eigenvalue weighted by Gasteiger charge is -2.23. The molecule has 21 heavy (non-hydrogen) atoms. The van der Waals surface area contributed by atoms with Crippen LogP contribution < -0.4 is 4.90 Å². The number of thiophene rings is 1. The first kappa shape index (κ1) is 14.5. The number of carbonyl (C=O) groups is 1. The van der Waals surface area contributed by atoms with Crippen molar-refractivity contribution < 1.29 is 18.0 Å². The Bertz CT molecular complexity index is 637. The molecule has 110 valence electrons. The minimum Gasteiger partial charge on any atom is -0.294 e. The van der Waals surface area contributed by atoms with E-state index in [4.69, 9.17) is 0 Å². The van der Waals surface area contributed by atoms with E-state index in [0.29, 0.717) is 11.4 Å². The van der Waals surface area contributed by atoms with Gasteiger partial charge in [0.05, 0.1) is 11.3 Å². The van der Waals surface area contributed by atoms with Crippen LogP contribution in [0.25, 0.3) is 0 Å². The summed E-state index contributed by atoms with van der Waals surface area (Å²) in [5.41, 5.74) is -0.213. The molecule has 0 N–H and O–H groups in total. The number of nitrogens with zero attached hydrogens (tertiary/aromatic N) is 1. The molecule has 1 aliphatic heterocycles. The summed E-state index contributed by atoms with van der Waals surface area (Å²) in [6, 6.07) is 8.56. The van der Waals surface area contributed by atoms with E-state index in [2.05, 4.69) is 0 Å². The van der Waals surface area contributed by atoms with E-state index in [1.165, 1.54) is 35.2 Å². The first-order valence-electron chi connectivity index (χ1n) is 6.11. The van der Waals surface area contributed by atoms with Crippen molar-refractivity contribution in [1.29, 1.82) is 0 Å². The molecule has 1 aliphatic rings. The number of amides is 1. The van der Waals surface area contributed by atoms with Crippen LogP contribution in [0.3, 0.4) is 0 Å². The lowest BCUT2D eigenvalue weighted by molar-refractivity contribution is -0.137. The van der Waals surface area contributed by atoms with Crippen LogP contribution in [0.15, 0.2) is 41.8 Å². The second-order valence-electron chi connectivity index (χ2n) is 4.49. The Morgan fingerprint density at radius 3 is 2.43 bits per heavy atom. The minimum absolute atomic E-state index is 0.0850. The van der Waals surface area contributed by atoms with Crippen LogP contribution in [-0.4, -0.2) is 11.7 Å². The van der Waals surface area contributed by atoms with Crippen molar-refractivity contribution in [3.05, 3.63) is 52.2 Å². The molecule has 1 unspecified atom stereocenters. The largest absolute Gasteiger partial charge is 0.416 e. The quantitative estimate of drug-likeness (QED) is 0.806. The molecule has 3 rings (SSSR count). The van der Waals surface area contributed by atoms with E-state index in [1.54, 1.807) is 4.90 Å². The molecule has 1 atom stereocenters. The first-order chi connectivity index (χ1) is 9.97.